The van der Waals surface area contributed by atoms with Gasteiger partial charge in [-0.1, -0.05) is 34.6 Å². The zero-order chi connectivity index (χ0) is 15.4. The van der Waals surface area contributed by atoms with Crippen LogP contribution in [0.2, 0.25) is 0 Å². The first-order chi connectivity index (χ1) is 9.19. The highest BCUT2D eigenvalue weighted by atomic mass is 16.5. The lowest BCUT2D eigenvalue weighted by molar-refractivity contribution is 0.229. The number of nitrogens with two attached hydrogens (primary N) is 1. The maximum Gasteiger partial charge on any atom is 0.123 e. The minimum atomic E-state index is 0.0211. The molecule has 0 saturated heterocycles. The molecule has 0 aliphatic carbocycles. The van der Waals surface area contributed by atoms with Gasteiger partial charge in [0.25, 0.3) is 0 Å². The monoisotopic (exact) mass is 279 g/mol. The van der Waals surface area contributed by atoms with Crippen molar-refractivity contribution in [2.24, 2.45) is 11.1 Å². The molecule has 1 rings (SSSR count). The average molecular weight is 279 g/mol. The van der Waals surface area contributed by atoms with Crippen molar-refractivity contribution in [2.75, 3.05) is 20.3 Å². The molecule has 2 N–H and O–H groups in total. The van der Waals surface area contributed by atoms with Crippen LogP contribution in [-0.4, -0.2) is 20.3 Å². The summed E-state index contributed by atoms with van der Waals surface area (Å²) in [7, 11) is 1.69. The zero-order valence-electron chi connectivity index (χ0n) is 13.7. The van der Waals surface area contributed by atoms with Crippen LogP contribution in [0.3, 0.4) is 0 Å². The van der Waals surface area contributed by atoms with Crippen LogP contribution in [0.25, 0.3) is 0 Å². The molecule has 3 nitrogen and oxygen atoms in total. The lowest BCUT2D eigenvalue weighted by Gasteiger charge is -2.26. The maximum absolute atomic E-state index is 5.99. The highest BCUT2D eigenvalue weighted by Crippen LogP contribution is 2.34. The molecule has 3 heteroatoms. The summed E-state index contributed by atoms with van der Waals surface area (Å²) in [4.78, 5) is 0. The number of methoxy groups -OCH3 is 1. The molecule has 114 valence electrons. The highest BCUT2D eigenvalue weighted by molar-refractivity contribution is 5.44. The van der Waals surface area contributed by atoms with Crippen LogP contribution < -0.4 is 15.2 Å². The second-order valence-corrected chi connectivity index (χ2v) is 7.08. The predicted octanol–water partition coefficient (Wildman–Crippen LogP) is 3.75. The SMILES string of the molecule is COc1ccc(OCCC(C)(C)CN)c(C(C)(C)C)c1. The number of ether oxygens (including phenoxy) is 2. The summed E-state index contributed by atoms with van der Waals surface area (Å²) in [5, 5.41) is 0. The fourth-order valence-electron chi connectivity index (χ4n) is 1.89. The molecule has 0 radical (unpaired) electrons. The van der Waals surface area contributed by atoms with Crippen LogP contribution in [0.15, 0.2) is 18.2 Å². The Bertz CT molecular complexity index is 433. The molecule has 20 heavy (non-hydrogen) atoms. The second kappa shape index (κ2) is 6.49. The average Bonchev–Trinajstić information content (AvgIpc) is 2.37. The molecule has 0 fully saturated rings. The molecule has 0 amide bonds. The van der Waals surface area contributed by atoms with Crippen molar-refractivity contribution in [2.45, 2.75) is 46.5 Å². The summed E-state index contributed by atoms with van der Waals surface area (Å²) in [5.74, 6) is 1.80. The number of hydrogen-bond acceptors (Lipinski definition) is 3. The zero-order valence-corrected chi connectivity index (χ0v) is 13.7. The second-order valence-electron chi connectivity index (χ2n) is 7.08. The molecule has 0 unspecified atom stereocenters. The number of hydrogen-bond donors (Lipinski definition) is 1. The molecular formula is C17H29NO2. The molecule has 0 aliphatic heterocycles. The van der Waals surface area contributed by atoms with Gasteiger partial charge in [-0.3, -0.25) is 0 Å². The van der Waals surface area contributed by atoms with E-state index in [-0.39, 0.29) is 10.8 Å². The smallest absolute Gasteiger partial charge is 0.123 e. The van der Waals surface area contributed by atoms with E-state index < -0.39 is 0 Å². The summed E-state index contributed by atoms with van der Waals surface area (Å²) >= 11 is 0. The summed E-state index contributed by atoms with van der Waals surface area (Å²) < 4.78 is 11.3. The van der Waals surface area contributed by atoms with E-state index in [4.69, 9.17) is 15.2 Å². The largest absolute Gasteiger partial charge is 0.497 e. The van der Waals surface area contributed by atoms with Gasteiger partial charge in [0.05, 0.1) is 13.7 Å². The Hall–Kier alpha value is -1.22. The molecule has 0 heterocycles. The fourth-order valence-corrected chi connectivity index (χ4v) is 1.89. The predicted molar refractivity (Wildman–Crippen MR) is 84.6 cm³/mol. The molecule has 0 aliphatic rings. The van der Waals surface area contributed by atoms with Crippen molar-refractivity contribution in [3.63, 3.8) is 0 Å². The maximum atomic E-state index is 5.99. The fraction of sp³-hybridized carbons (Fsp3) is 0.647. The Labute approximate surface area is 123 Å². The number of rotatable bonds is 6. The van der Waals surface area contributed by atoms with E-state index in [0.717, 1.165) is 17.9 Å². The molecule has 0 atom stereocenters. The summed E-state index contributed by atoms with van der Waals surface area (Å²) in [5.41, 5.74) is 7.06. The van der Waals surface area contributed by atoms with Gasteiger partial charge < -0.3 is 15.2 Å². The first-order valence-corrected chi connectivity index (χ1v) is 7.21. The third kappa shape index (κ3) is 4.71. The topological polar surface area (TPSA) is 44.5 Å². The van der Waals surface area contributed by atoms with E-state index >= 15 is 0 Å². The van der Waals surface area contributed by atoms with E-state index in [9.17, 15) is 0 Å². The Morgan fingerprint density at radius 2 is 1.75 bits per heavy atom. The van der Waals surface area contributed by atoms with Crippen molar-refractivity contribution in [1.29, 1.82) is 0 Å². The lowest BCUT2D eigenvalue weighted by atomic mass is 9.86. The van der Waals surface area contributed by atoms with Crippen LogP contribution in [0.5, 0.6) is 11.5 Å². The van der Waals surface area contributed by atoms with Gasteiger partial charge in [-0.25, -0.2) is 0 Å². The van der Waals surface area contributed by atoms with Crippen LogP contribution in [0.1, 0.15) is 46.6 Å². The Kier molecular flexibility index (Phi) is 5.46. The van der Waals surface area contributed by atoms with E-state index in [0.29, 0.717) is 13.2 Å². The van der Waals surface area contributed by atoms with Crippen LogP contribution in [0, 0.1) is 5.41 Å². The third-order valence-electron chi connectivity index (χ3n) is 3.58. The van der Waals surface area contributed by atoms with Gasteiger partial charge in [0, 0.05) is 5.56 Å². The first-order valence-electron chi connectivity index (χ1n) is 7.21. The van der Waals surface area contributed by atoms with Crippen LogP contribution in [0.4, 0.5) is 0 Å². The standard InChI is InChI=1S/C17H29NO2/c1-16(2,3)14-11-13(19-6)7-8-15(14)20-10-9-17(4,5)12-18/h7-8,11H,9-10,12,18H2,1-6H3. The van der Waals surface area contributed by atoms with Crippen molar-refractivity contribution < 1.29 is 9.47 Å². The minimum Gasteiger partial charge on any atom is -0.497 e. The molecule has 0 bridgehead atoms. The summed E-state index contributed by atoms with van der Waals surface area (Å²) in [6.07, 6.45) is 0.944. The third-order valence-corrected chi connectivity index (χ3v) is 3.58. The van der Waals surface area contributed by atoms with E-state index in [1.807, 2.05) is 12.1 Å². The molecule has 0 spiro atoms. The highest BCUT2D eigenvalue weighted by Gasteiger charge is 2.21. The minimum absolute atomic E-state index is 0.0211. The summed E-state index contributed by atoms with van der Waals surface area (Å²) in [6.45, 7) is 12.2. The van der Waals surface area contributed by atoms with E-state index in [2.05, 4.69) is 40.7 Å². The van der Waals surface area contributed by atoms with Crippen molar-refractivity contribution in [3.8, 4) is 11.5 Å². The Morgan fingerprint density at radius 3 is 2.25 bits per heavy atom. The number of benzene rings is 1. The van der Waals surface area contributed by atoms with Gasteiger partial charge in [0.15, 0.2) is 0 Å². The molecule has 1 aromatic rings. The Balaban J connectivity index is 2.84. The Morgan fingerprint density at radius 1 is 1.10 bits per heavy atom. The van der Waals surface area contributed by atoms with Crippen LogP contribution >= 0.6 is 0 Å². The van der Waals surface area contributed by atoms with Crippen molar-refractivity contribution >= 4 is 0 Å². The molecular weight excluding hydrogens is 250 g/mol. The van der Waals surface area contributed by atoms with Crippen molar-refractivity contribution in [1.82, 2.24) is 0 Å². The van der Waals surface area contributed by atoms with Crippen molar-refractivity contribution in [3.05, 3.63) is 23.8 Å². The van der Waals surface area contributed by atoms with Gasteiger partial charge in [0.2, 0.25) is 0 Å². The summed E-state index contributed by atoms with van der Waals surface area (Å²) in [6, 6.07) is 6.00. The van der Waals surface area contributed by atoms with Gasteiger partial charge in [-0.2, -0.15) is 0 Å². The van der Waals surface area contributed by atoms with Crippen LogP contribution in [-0.2, 0) is 5.41 Å². The van der Waals surface area contributed by atoms with Gasteiger partial charge in [0.1, 0.15) is 11.5 Å². The quantitative estimate of drug-likeness (QED) is 0.862. The van der Waals surface area contributed by atoms with Gasteiger partial charge in [-0.05, 0) is 42.0 Å². The van der Waals surface area contributed by atoms with Gasteiger partial charge >= 0.3 is 0 Å². The molecule has 0 saturated carbocycles. The van der Waals surface area contributed by atoms with E-state index in [1.165, 1.54) is 5.56 Å². The first kappa shape index (κ1) is 16.8. The molecule has 0 aromatic heterocycles. The van der Waals surface area contributed by atoms with E-state index in [1.54, 1.807) is 7.11 Å². The normalized spacial score (nSPS) is 12.3. The lowest BCUT2D eigenvalue weighted by Crippen LogP contribution is -2.26. The van der Waals surface area contributed by atoms with Gasteiger partial charge in [-0.15, -0.1) is 0 Å². The molecule has 1 aromatic carbocycles.